The lowest BCUT2D eigenvalue weighted by Crippen LogP contribution is -2.40. The molecular weight excluding hydrogens is 326 g/mol. The maximum absolute atomic E-state index is 13.0. The van der Waals surface area contributed by atoms with E-state index in [1.165, 1.54) is 0 Å². The van der Waals surface area contributed by atoms with Gasteiger partial charge in [-0.25, -0.2) is 0 Å². The molecule has 1 saturated heterocycles. The predicted octanol–water partition coefficient (Wildman–Crippen LogP) is 2.76. The van der Waals surface area contributed by atoms with Crippen molar-refractivity contribution in [2.24, 2.45) is 5.92 Å². The van der Waals surface area contributed by atoms with Crippen LogP contribution < -0.4 is 0 Å². The Balaban J connectivity index is 1.47. The van der Waals surface area contributed by atoms with Gasteiger partial charge in [-0.2, -0.15) is 0 Å². The largest absolute Gasteiger partial charge is 0.338 e. The second-order valence-corrected chi connectivity index (χ2v) is 6.70. The standard InChI is InChI=1S/C20H21N5O/c26-20(17-6-3-8-19(12-17)25-14-22-23-15-25)24-10-4-5-16(13-24)11-18-7-1-2-9-21-18/h1-3,6-9,12,14-16H,4-5,10-11,13H2/t16-/m0/s1. The number of amides is 1. The molecule has 26 heavy (non-hydrogen) atoms. The topological polar surface area (TPSA) is 63.9 Å². The van der Waals surface area contributed by atoms with Gasteiger partial charge in [0, 0.05) is 36.2 Å². The van der Waals surface area contributed by atoms with Crippen molar-refractivity contribution in [2.75, 3.05) is 13.1 Å². The summed E-state index contributed by atoms with van der Waals surface area (Å²) in [5.74, 6) is 0.550. The van der Waals surface area contributed by atoms with Crippen LogP contribution in [0.3, 0.4) is 0 Å². The number of hydrogen-bond acceptors (Lipinski definition) is 4. The Kier molecular flexibility index (Phi) is 4.73. The Morgan fingerprint density at radius 1 is 1.12 bits per heavy atom. The van der Waals surface area contributed by atoms with E-state index >= 15 is 0 Å². The summed E-state index contributed by atoms with van der Waals surface area (Å²) < 4.78 is 1.80. The molecule has 1 amide bonds. The molecule has 0 bridgehead atoms. The third-order valence-corrected chi connectivity index (χ3v) is 4.84. The van der Waals surface area contributed by atoms with Gasteiger partial charge in [0.05, 0.1) is 0 Å². The number of nitrogens with zero attached hydrogens (tertiary/aromatic N) is 5. The van der Waals surface area contributed by atoms with E-state index < -0.39 is 0 Å². The summed E-state index contributed by atoms with van der Waals surface area (Å²) in [6.07, 6.45) is 8.19. The summed E-state index contributed by atoms with van der Waals surface area (Å²) in [5, 5.41) is 7.65. The highest BCUT2D eigenvalue weighted by Crippen LogP contribution is 2.22. The van der Waals surface area contributed by atoms with Crippen molar-refractivity contribution in [1.29, 1.82) is 0 Å². The molecule has 0 aliphatic carbocycles. The van der Waals surface area contributed by atoms with Crippen LogP contribution in [-0.4, -0.2) is 43.6 Å². The fourth-order valence-corrected chi connectivity index (χ4v) is 3.55. The predicted molar refractivity (Wildman–Crippen MR) is 97.9 cm³/mol. The maximum atomic E-state index is 13.0. The van der Waals surface area contributed by atoms with Crippen molar-refractivity contribution < 1.29 is 4.79 Å². The van der Waals surface area contributed by atoms with Gasteiger partial charge in [-0.15, -0.1) is 10.2 Å². The summed E-state index contributed by atoms with van der Waals surface area (Å²) in [6.45, 7) is 1.60. The Labute approximate surface area is 152 Å². The first-order valence-corrected chi connectivity index (χ1v) is 8.94. The minimum atomic E-state index is 0.0886. The molecule has 6 nitrogen and oxygen atoms in total. The van der Waals surface area contributed by atoms with E-state index in [9.17, 15) is 4.79 Å². The summed E-state index contributed by atoms with van der Waals surface area (Å²) in [4.78, 5) is 19.4. The summed E-state index contributed by atoms with van der Waals surface area (Å²) in [5.41, 5.74) is 2.69. The SMILES string of the molecule is O=C(c1cccc(-n2cnnc2)c1)N1CCC[C@@H](Cc2ccccn2)C1. The maximum Gasteiger partial charge on any atom is 0.253 e. The third-order valence-electron chi connectivity index (χ3n) is 4.84. The Morgan fingerprint density at radius 3 is 2.81 bits per heavy atom. The Morgan fingerprint density at radius 2 is 2.00 bits per heavy atom. The van der Waals surface area contributed by atoms with Gasteiger partial charge in [-0.1, -0.05) is 12.1 Å². The first-order valence-electron chi connectivity index (χ1n) is 8.94. The quantitative estimate of drug-likeness (QED) is 0.728. The van der Waals surface area contributed by atoms with Crippen molar-refractivity contribution in [2.45, 2.75) is 19.3 Å². The lowest BCUT2D eigenvalue weighted by atomic mass is 9.92. The second-order valence-electron chi connectivity index (χ2n) is 6.70. The monoisotopic (exact) mass is 347 g/mol. The number of benzene rings is 1. The van der Waals surface area contributed by atoms with Crippen molar-refractivity contribution in [3.63, 3.8) is 0 Å². The van der Waals surface area contributed by atoms with Crippen LogP contribution in [0.25, 0.3) is 5.69 Å². The van der Waals surface area contributed by atoms with E-state index in [2.05, 4.69) is 21.2 Å². The van der Waals surface area contributed by atoms with Crippen LogP contribution >= 0.6 is 0 Å². The van der Waals surface area contributed by atoms with E-state index in [1.807, 2.05) is 47.5 Å². The zero-order chi connectivity index (χ0) is 17.8. The second kappa shape index (κ2) is 7.47. The molecule has 1 aromatic carbocycles. The lowest BCUT2D eigenvalue weighted by Gasteiger charge is -2.33. The summed E-state index contributed by atoms with van der Waals surface area (Å²) in [6, 6.07) is 13.6. The molecule has 1 atom stereocenters. The van der Waals surface area contributed by atoms with Gasteiger partial charge in [0.2, 0.25) is 0 Å². The molecule has 3 heterocycles. The van der Waals surface area contributed by atoms with E-state index in [0.29, 0.717) is 11.5 Å². The minimum absolute atomic E-state index is 0.0886. The van der Waals surface area contributed by atoms with Crippen LogP contribution in [0.5, 0.6) is 0 Å². The van der Waals surface area contributed by atoms with Gasteiger partial charge in [-0.3, -0.25) is 14.3 Å². The van der Waals surface area contributed by atoms with Gasteiger partial charge >= 0.3 is 0 Å². The fourth-order valence-electron chi connectivity index (χ4n) is 3.55. The Bertz CT molecular complexity index is 863. The first kappa shape index (κ1) is 16.4. The zero-order valence-corrected chi connectivity index (χ0v) is 14.5. The van der Waals surface area contributed by atoms with E-state index in [4.69, 9.17) is 0 Å². The molecule has 0 spiro atoms. The van der Waals surface area contributed by atoms with Crippen LogP contribution in [0.1, 0.15) is 28.9 Å². The van der Waals surface area contributed by atoms with Crippen LogP contribution in [0.15, 0.2) is 61.3 Å². The third kappa shape index (κ3) is 3.64. The number of pyridine rings is 1. The molecule has 3 aromatic rings. The van der Waals surface area contributed by atoms with Gasteiger partial charge in [0.1, 0.15) is 12.7 Å². The number of piperidine rings is 1. The molecule has 0 N–H and O–H groups in total. The van der Waals surface area contributed by atoms with Crippen LogP contribution in [-0.2, 0) is 6.42 Å². The van der Waals surface area contributed by atoms with Gasteiger partial charge in [0.15, 0.2) is 0 Å². The molecule has 1 fully saturated rings. The molecule has 132 valence electrons. The normalized spacial score (nSPS) is 17.2. The average Bonchev–Trinajstić information content (AvgIpc) is 3.23. The molecule has 1 aliphatic heterocycles. The molecule has 0 radical (unpaired) electrons. The van der Waals surface area contributed by atoms with E-state index in [0.717, 1.165) is 43.7 Å². The number of rotatable bonds is 4. The number of likely N-dealkylation sites (tertiary alicyclic amines) is 1. The van der Waals surface area contributed by atoms with Crippen LogP contribution in [0, 0.1) is 5.92 Å². The van der Waals surface area contributed by atoms with Crippen molar-refractivity contribution >= 4 is 5.91 Å². The molecule has 1 aliphatic rings. The number of carbonyl (C=O) groups is 1. The van der Waals surface area contributed by atoms with E-state index in [-0.39, 0.29) is 5.91 Å². The van der Waals surface area contributed by atoms with Gasteiger partial charge in [0.25, 0.3) is 5.91 Å². The minimum Gasteiger partial charge on any atom is -0.338 e. The van der Waals surface area contributed by atoms with Crippen LogP contribution in [0.4, 0.5) is 0 Å². The molecule has 0 saturated carbocycles. The highest BCUT2D eigenvalue weighted by Gasteiger charge is 2.25. The van der Waals surface area contributed by atoms with Crippen LogP contribution in [0.2, 0.25) is 0 Å². The number of aromatic nitrogens is 4. The molecule has 0 unspecified atom stereocenters. The van der Waals surface area contributed by atoms with Gasteiger partial charge < -0.3 is 4.90 Å². The summed E-state index contributed by atoms with van der Waals surface area (Å²) >= 11 is 0. The Hall–Kier alpha value is -3.02. The lowest BCUT2D eigenvalue weighted by molar-refractivity contribution is 0.0672. The van der Waals surface area contributed by atoms with Crippen molar-refractivity contribution in [3.05, 3.63) is 72.6 Å². The molecular formula is C20H21N5O. The number of hydrogen-bond donors (Lipinski definition) is 0. The number of carbonyl (C=O) groups excluding carboxylic acids is 1. The van der Waals surface area contributed by atoms with E-state index in [1.54, 1.807) is 17.2 Å². The molecule has 4 rings (SSSR count). The smallest absolute Gasteiger partial charge is 0.253 e. The fraction of sp³-hybridized carbons (Fsp3) is 0.300. The highest BCUT2D eigenvalue weighted by atomic mass is 16.2. The highest BCUT2D eigenvalue weighted by molar-refractivity contribution is 5.94. The zero-order valence-electron chi connectivity index (χ0n) is 14.5. The first-order chi connectivity index (χ1) is 12.8. The summed E-state index contributed by atoms with van der Waals surface area (Å²) in [7, 11) is 0. The molecule has 6 heteroatoms. The van der Waals surface area contributed by atoms with Crippen molar-refractivity contribution in [3.8, 4) is 5.69 Å². The average molecular weight is 347 g/mol. The molecule has 2 aromatic heterocycles. The van der Waals surface area contributed by atoms with Crippen molar-refractivity contribution in [1.82, 2.24) is 24.6 Å². The van der Waals surface area contributed by atoms with Gasteiger partial charge in [-0.05, 0) is 55.5 Å².